The molecule has 1 N–H and O–H groups in total. The van der Waals surface area contributed by atoms with Crippen molar-refractivity contribution >= 4 is 17.5 Å². The molecule has 4 nitrogen and oxygen atoms in total. The summed E-state index contributed by atoms with van der Waals surface area (Å²) in [6.07, 6.45) is 0. The van der Waals surface area contributed by atoms with Crippen molar-refractivity contribution in [1.29, 1.82) is 0 Å². The predicted octanol–water partition coefficient (Wildman–Crippen LogP) is 2.37. The molecule has 1 aliphatic rings. The van der Waals surface area contributed by atoms with E-state index in [1.54, 1.807) is 0 Å². The van der Waals surface area contributed by atoms with Gasteiger partial charge in [0.1, 0.15) is 0 Å². The lowest BCUT2D eigenvalue weighted by Gasteiger charge is -2.35. The van der Waals surface area contributed by atoms with E-state index in [0.29, 0.717) is 6.54 Å². The molecule has 1 fully saturated rings. The van der Waals surface area contributed by atoms with E-state index >= 15 is 0 Å². The zero-order chi connectivity index (χ0) is 16.2. The summed E-state index contributed by atoms with van der Waals surface area (Å²) in [4.78, 5) is 16.6. The van der Waals surface area contributed by atoms with Crippen molar-refractivity contribution in [2.75, 3.05) is 32.7 Å². The molecule has 0 radical (unpaired) electrons. The summed E-state index contributed by atoms with van der Waals surface area (Å²) in [5, 5.41) is 3.80. The van der Waals surface area contributed by atoms with Crippen molar-refractivity contribution in [1.82, 2.24) is 15.1 Å². The quantitative estimate of drug-likeness (QED) is 0.924. The number of amides is 1. The van der Waals surface area contributed by atoms with Crippen molar-refractivity contribution in [2.45, 2.75) is 32.9 Å². The molecule has 22 heavy (non-hydrogen) atoms. The number of piperazine rings is 1. The monoisotopic (exact) mass is 323 g/mol. The van der Waals surface area contributed by atoms with Crippen molar-refractivity contribution in [3.63, 3.8) is 0 Å². The first-order valence-electron chi connectivity index (χ1n) is 7.82. The second-order valence-corrected chi connectivity index (χ2v) is 7.42. The van der Waals surface area contributed by atoms with Gasteiger partial charge >= 0.3 is 0 Å². The van der Waals surface area contributed by atoms with Crippen molar-refractivity contribution in [3.05, 3.63) is 34.9 Å². The Labute approximate surface area is 138 Å². The van der Waals surface area contributed by atoms with E-state index in [4.69, 9.17) is 11.6 Å². The Kier molecular flexibility index (Phi) is 5.84. The minimum absolute atomic E-state index is 0.107. The first-order valence-corrected chi connectivity index (χ1v) is 8.20. The molecule has 1 saturated heterocycles. The lowest BCUT2D eigenvalue weighted by Crippen LogP contribution is -2.51. The topological polar surface area (TPSA) is 35.6 Å². The molecule has 0 atom stereocenters. The molecule has 0 aromatic heterocycles. The fraction of sp³-hybridized carbons (Fsp3) is 0.588. The van der Waals surface area contributed by atoms with Crippen LogP contribution in [0, 0.1) is 0 Å². The second kappa shape index (κ2) is 7.44. The van der Waals surface area contributed by atoms with Gasteiger partial charge in [-0.15, -0.1) is 0 Å². The normalized spacial score (nSPS) is 17.5. The van der Waals surface area contributed by atoms with Gasteiger partial charge in [-0.2, -0.15) is 0 Å². The number of hydrogen-bond acceptors (Lipinski definition) is 3. The van der Waals surface area contributed by atoms with E-state index < -0.39 is 0 Å². The maximum absolute atomic E-state index is 12.0. The minimum atomic E-state index is -0.161. The standard InChI is InChI=1S/C17H26ClN3O/c1-17(2,3)19-16(22)13-21-9-7-20(8-10-21)12-14-5-4-6-15(18)11-14/h4-6,11H,7-10,12-13H2,1-3H3,(H,19,22). The van der Waals surface area contributed by atoms with Gasteiger partial charge in [-0.05, 0) is 38.5 Å². The number of nitrogens with zero attached hydrogens (tertiary/aromatic N) is 2. The highest BCUT2D eigenvalue weighted by Gasteiger charge is 2.21. The molecule has 0 spiro atoms. The smallest absolute Gasteiger partial charge is 0.234 e. The van der Waals surface area contributed by atoms with Gasteiger partial charge in [0.2, 0.25) is 5.91 Å². The van der Waals surface area contributed by atoms with Gasteiger partial charge in [-0.25, -0.2) is 0 Å². The Hall–Kier alpha value is -1.10. The van der Waals surface area contributed by atoms with Crippen LogP contribution in [0.25, 0.3) is 0 Å². The summed E-state index contributed by atoms with van der Waals surface area (Å²) >= 11 is 6.02. The molecule has 0 unspecified atom stereocenters. The lowest BCUT2D eigenvalue weighted by atomic mass is 10.1. The first-order chi connectivity index (χ1) is 10.3. The number of hydrogen-bond donors (Lipinski definition) is 1. The highest BCUT2D eigenvalue weighted by atomic mass is 35.5. The van der Waals surface area contributed by atoms with Crippen LogP contribution >= 0.6 is 11.6 Å². The molecule has 0 aliphatic carbocycles. The fourth-order valence-corrected chi connectivity index (χ4v) is 2.87. The Morgan fingerprint density at radius 1 is 1.18 bits per heavy atom. The van der Waals surface area contributed by atoms with Crippen LogP contribution in [0.4, 0.5) is 0 Å². The summed E-state index contributed by atoms with van der Waals surface area (Å²) < 4.78 is 0. The average molecular weight is 324 g/mol. The number of nitrogens with one attached hydrogen (secondary N) is 1. The van der Waals surface area contributed by atoms with Crippen LogP contribution in [0.5, 0.6) is 0 Å². The number of carbonyl (C=O) groups is 1. The molecule has 0 saturated carbocycles. The van der Waals surface area contributed by atoms with Gasteiger partial charge < -0.3 is 5.32 Å². The fourth-order valence-electron chi connectivity index (χ4n) is 2.66. The van der Waals surface area contributed by atoms with Crippen LogP contribution < -0.4 is 5.32 Å². The molecular weight excluding hydrogens is 298 g/mol. The van der Waals surface area contributed by atoms with E-state index in [9.17, 15) is 4.79 Å². The Bertz CT molecular complexity index is 505. The van der Waals surface area contributed by atoms with E-state index in [2.05, 4.69) is 21.2 Å². The summed E-state index contributed by atoms with van der Waals surface area (Å²) in [5.41, 5.74) is 1.08. The van der Waals surface area contributed by atoms with Gasteiger partial charge in [0.25, 0.3) is 0 Å². The summed E-state index contributed by atoms with van der Waals surface area (Å²) in [6.45, 7) is 11.3. The molecule has 5 heteroatoms. The Balaban J connectivity index is 1.75. The van der Waals surface area contributed by atoms with Gasteiger partial charge in [0, 0.05) is 43.3 Å². The number of carbonyl (C=O) groups excluding carboxylic acids is 1. The molecule has 1 aliphatic heterocycles. The highest BCUT2D eigenvalue weighted by molar-refractivity contribution is 6.30. The van der Waals surface area contributed by atoms with E-state index in [-0.39, 0.29) is 11.4 Å². The van der Waals surface area contributed by atoms with E-state index in [1.165, 1.54) is 5.56 Å². The van der Waals surface area contributed by atoms with Crippen LogP contribution in [-0.2, 0) is 11.3 Å². The van der Waals surface area contributed by atoms with Crippen molar-refractivity contribution in [2.24, 2.45) is 0 Å². The van der Waals surface area contributed by atoms with Gasteiger partial charge in [0.05, 0.1) is 6.54 Å². The lowest BCUT2D eigenvalue weighted by molar-refractivity contribution is -0.124. The SMILES string of the molecule is CC(C)(C)NC(=O)CN1CCN(Cc2cccc(Cl)c2)CC1. The predicted molar refractivity (Wildman–Crippen MR) is 91.1 cm³/mol. The van der Waals surface area contributed by atoms with Crippen LogP contribution in [0.15, 0.2) is 24.3 Å². The van der Waals surface area contributed by atoms with Crippen LogP contribution in [-0.4, -0.2) is 54.0 Å². The van der Waals surface area contributed by atoms with Crippen LogP contribution in [0.1, 0.15) is 26.3 Å². The maximum Gasteiger partial charge on any atom is 0.234 e. The molecule has 2 rings (SSSR count). The van der Waals surface area contributed by atoms with Gasteiger partial charge in [0.15, 0.2) is 0 Å². The Morgan fingerprint density at radius 2 is 1.82 bits per heavy atom. The summed E-state index contributed by atoms with van der Waals surface area (Å²) in [6, 6.07) is 8.02. The third-order valence-electron chi connectivity index (χ3n) is 3.64. The zero-order valence-electron chi connectivity index (χ0n) is 13.7. The molecule has 1 heterocycles. The van der Waals surface area contributed by atoms with Gasteiger partial charge in [-0.1, -0.05) is 23.7 Å². The Morgan fingerprint density at radius 3 is 2.41 bits per heavy atom. The number of benzene rings is 1. The second-order valence-electron chi connectivity index (χ2n) is 6.98. The van der Waals surface area contributed by atoms with Crippen LogP contribution in [0.2, 0.25) is 5.02 Å². The number of halogens is 1. The zero-order valence-corrected chi connectivity index (χ0v) is 14.5. The van der Waals surface area contributed by atoms with Crippen molar-refractivity contribution < 1.29 is 4.79 Å². The average Bonchev–Trinajstić information content (AvgIpc) is 2.39. The maximum atomic E-state index is 12.0. The minimum Gasteiger partial charge on any atom is -0.350 e. The molecule has 1 aromatic carbocycles. The highest BCUT2D eigenvalue weighted by Crippen LogP contribution is 2.14. The molecule has 1 aromatic rings. The van der Waals surface area contributed by atoms with Crippen LogP contribution in [0.3, 0.4) is 0 Å². The van der Waals surface area contributed by atoms with E-state index in [0.717, 1.165) is 37.7 Å². The largest absolute Gasteiger partial charge is 0.350 e. The number of rotatable bonds is 4. The molecule has 122 valence electrons. The summed E-state index contributed by atoms with van der Waals surface area (Å²) in [7, 11) is 0. The third-order valence-corrected chi connectivity index (χ3v) is 3.88. The molecular formula is C17H26ClN3O. The van der Waals surface area contributed by atoms with Crippen molar-refractivity contribution in [3.8, 4) is 0 Å². The van der Waals surface area contributed by atoms with Gasteiger partial charge in [-0.3, -0.25) is 14.6 Å². The third kappa shape index (κ3) is 5.95. The first kappa shape index (κ1) is 17.3. The molecule has 0 bridgehead atoms. The molecule has 1 amide bonds. The summed E-state index contributed by atoms with van der Waals surface area (Å²) in [5.74, 6) is 0.107. The van der Waals surface area contributed by atoms with E-state index in [1.807, 2.05) is 39.0 Å².